The van der Waals surface area contributed by atoms with Gasteiger partial charge in [0.25, 0.3) is 0 Å². The normalized spacial score (nSPS) is 11.7. The van der Waals surface area contributed by atoms with Crippen molar-refractivity contribution in [2.24, 2.45) is 0 Å². The third-order valence-electron chi connectivity index (χ3n) is 4.02. The van der Waals surface area contributed by atoms with Crippen molar-refractivity contribution in [1.82, 2.24) is 0 Å². The Balaban J connectivity index is 2.20. The molecule has 0 aliphatic heterocycles. The van der Waals surface area contributed by atoms with Crippen LogP contribution in [0.2, 0.25) is 0 Å². The highest BCUT2D eigenvalue weighted by Crippen LogP contribution is 2.24. The maximum absolute atomic E-state index is 12.5. The van der Waals surface area contributed by atoms with Crippen molar-refractivity contribution in [3.63, 3.8) is 0 Å². The van der Waals surface area contributed by atoms with Gasteiger partial charge in [-0.1, -0.05) is 45.0 Å². The maximum Gasteiger partial charge on any atom is 0.171 e. The molecule has 1 heterocycles. The second-order valence-electron chi connectivity index (χ2n) is 6.76. The molecule has 0 atom stereocenters. The summed E-state index contributed by atoms with van der Waals surface area (Å²) >= 11 is 0. The number of benzene rings is 1. The summed E-state index contributed by atoms with van der Waals surface area (Å²) in [6.45, 7) is 12.3. The van der Waals surface area contributed by atoms with E-state index in [1.165, 1.54) is 5.56 Å². The molecule has 2 heteroatoms. The zero-order valence-electron chi connectivity index (χ0n) is 13.8. The van der Waals surface area contributed by atoms with Gasteiger partial charge < -0.3 is 4.42 Å². The van der Waals surface area contributed by atoms with Crippen molar-refractivity contribution < 1.29 is 9.21 Å². The van der Waals surface area contributed by atoms with Gasteiger partial charge in [-0.3, -0.25) is 4.79 Å². The topological polar surface area (TPSA) is 30.2 Å². The van der Waals surface area contributed by atoms with Crippen LogP contribution >= 0.6 is 0 Å². The number of carbonyl (C=O) groups excluding carboxylic acids is 1. The van der Waals surface area contributed by atoms with Crippen LogP contribution in [0, 0.1) is 20.8 Å². The fourth-order valence-electron chi connectivity index (χ4n) is 2.60. The molecule has 0 saturated carbocycles. The second-order valence-corrected chi connectivity index (χ2v) is 6.76. The van der Waals surface area contributed by atoms with Crippen molar-refractivity contribution >= 4 is 5.78 Å². The SMILES string of the molecule is Cc1oc(C)c(C(=O)Cc2ccc(C(C)(C)C)cc2)c1C. The van der Waals surface area contributed by atoms with Crippen molar-refractivity contribution in [3.05, 3.63) is 58.0 Å². The Morgan fingerprint density at radius 3 is 2.00 bits per heavy atom. The van der Waals surface area contributed by atoms with Crippen molar-refractivity contribution in [2.45, 2.75) is 53.4 Å². The molecule has 0 amide bonds. The molecule has 2 nitrogen and oxygen atoms in total. The molecule has 0 radical (unpaired) electrons. The van der Waals surface area contributed by atoms with Crippen LogP contribution in [0.15, 0.2) is 28.7 Å². The van der Waals surface area contributed by atoms with Gasteiger partial charge in [0, 0.05) is 12.0 Å². The summed E-state index contributed by atoms with van der Waals surface area (Å²) in [5, 5.41) is 0. The average Bonchev–Trinajstić information content (AvgIpc) is 2.62. The van der Waals surface area contributed by atoms with E-state index in [-0.39, 0.29) is 11.2 Å². The molecule has 1 aromatic heterocycles. The smallest absolute Gasteiger partial charge is 0.171 e. The van der Waals surface area contributed by atoms with Crippen molar-refractivity contribution in [3.8, 4) is 0 Å². The molecule has 0 aliphatic carbocycles. The fourth-order valence-corrected chi connectivity index (χ4v) is 2.60. The molecule has 0 aliphatic rings. The van der Waals surface area contributed by atoms with Crippen LogP contribution in [0.4, 0.5) is 0 Å². The van der Waals surface area contributed by atoms with Crippen LogP contribution in [-0.4, -0.2) is 5.78 Å². The standard InChI is InChI=1S/C19H24O2/c1-12-13(2)21-14(3)18(12)17(20)11-15-7-9-16(10-8-15)19(4,5)6/h7-10H,11H2,1-6H3. The van der Waals surface area contributed by atoms with Gasteiger partial charge in [-0.2, -0.15) is 0 Å². The van der Waals surface area contributed by atoms with Crippen LogP contribution in [-0.2, 0) is 11.8 Å². The first-order valence-electron chi connectivity index (χ1n) is 7.39. The summed E-state index contributed by atoms with van der Waals surface area (Å²) in [6, 6.07) is 8.33. The Bertz CT molecular complexity index is 652. The lowest BCUT2D eigenvalue weighted by molar-refractivity contribution is 0.0991. The highest BCUT2D eigenvalue weighted by atomic mass is 16.3. The summed E-state index contributed by atoms with van der Waals surface area (Å²) < 4.78 is 5.55. The molecule has 1 aromatic carbocycles. The van der Waals surface area contributed by atoms with E-state index in [0.717, 1.165) is 28.2 Å². The van der Waals surface area contributed by atoms with Gasteiger partial charge >= 0.3 is 0 Å². The second kappa shape index (κ2) is 5.51. The van der Waals surface area contributed by atoms with E-state index >= 15 is 0 Å². The summed E-state index contributed by atoms with van der Waals surface area (Å²) in [4.78, 5) is 12.5. The van der Waals surface area contributed by atoms with Crippen molar-refractivity contribution in [1.29, 1.82) is 0 Å². The molecule has 0 fully saturated rings. The highest BCUT2D eigenvalue weighted by molar-refractivity contribution is 5.99. The van der Waals surface area contributed by atoms with Gasteiger partial charge in [0.1, 0.15) is 11.5 Å². The zero-order chi connectivity index (χ0) is 15.8. The number of Topliss-reactive ketones (excluding diaryl/α,β-unsaturated/α-hetero) is 1. The van der Waals surface area contributed by atoms with E-state index in [9.17, 15) is 4.79 Å². The van der Waals surface area contributed by atoms with Crippen molar-refractivity contribution in [2.75, 3.05) is 0 Å². The predicted octanol–water partition coefficient (Wildman–Crippen LogP) is 4.93. The van der Waals surface area contributed by atoms with Gasteiger partial charge in [0.2, 0.25) is 0 Å². The van der Waals surface area contributed by atoms with Gasteiger partial charge in [-0.25, -0.2) is 0 Å². The Morgan fingerprint density at radius 1 is 1.00 bits per heavy atom. The minimum atomic E-state index is 0.130. The van der Waals surface area contributed by atoms with E-state index in [2.05, 4.69) is 45.0 Å². The van der Waals surface area contributed by atoms with E-state index < -0.39 is 0 Å². The highest BCUT2D eigenvalue weighted by Gasteiger charge is 2.19. The summed E-state index contributed by atoms with van der Waals surface area (Å²) in [7, 11) is 0. The first-order chi connectivity index (χ1) is 9.70. The first kappa shape index (κ1) is 15.6. The lowest BCUT2D eigenvalue weighted by atomic mass is 9.86. The number of carbonyl (C=O) groups is 1. The fraction of sp³-hybridized carbons (Fsp3) is 0.421. The molecular formula is C19H24O2. The maximum atomic E-state index is 12.5. The molecule has 0 bridgehead atoms. The number of hydrogen-bond acceptors (Lipinski definition) is 2. The van der Waals surface area contributed by atoms with Gasteiger partial charge in [-0.05, 0) is 37.3 Å². The van der Waals surface area contributed by atoms with E-state index in [1.54, 1.807) is 0 Å². The van der Waals surface area contributed by atoms with E-state index in [4.69, 9.17) is 4.42 Å². The average molecular weight is 284 g/mol. The Kier molecular flexibility index (Phi) is 4.08. The van der Waals surface area contributed by atoms with Gasteiger partial charge in [0.15, 0.2) is 5.78 Å². The van der Waals surface area contributed by atoms with Crippen LogP contribution in [0.5, 0.6) is 0 Å². The molecule has 21 heavy (non-hydrogen) atoms. The van der Waals surface area contributed by atoms with Crippen LogP contribution in [0.25, 0.3) is 0 Å². The molecule has 112 valence electrons. The van der Waals surface area contributed by atoms with Gasteiger partial charge in [0.05, 0.1) is 5.56 Å². The molecule has 0 unspecified atom stereocenters. The third-order valence-corrected chi connectivity index (χ3v) is 4.02. The minimum Gasteiger partial charge on any atom is -0.466 e. The monoisotopic (exact) mass is 284 g/mol. The van der Waals surface area contributed by atoms with Crippen LogP contribution < -0.4 is 0 Å². The summed E-state index contributed by atoms with van der Waals surface area (Å²) in [5.74, 6) is 1.69. The number of aryl methyl sites for hydroxylation is 2. The Hall–Kier alpha value is -1.83. The Morgan fingerprint density at radius 2 is 1.57 bits per heavy atom. The Labute approximate surface area is 127 Å². The largest absolute Gasteiger partial charge is 0.466 e. The number of ketones is 1. The summed E-state index contributed by atoms with van der Waals surface area (Å²) in [6.07, 6.45) is 0.422. The van der Waals surface area contributed by atoms with E-state index in [0.29, 0.717) is 6.42 Å². The lowest BCUT2D eigenvalue weighted by Crippen LogP contribution is -2.11. The molecule has 0 spiro atoms. The lowest BCUT2D eigenvalue weighted by Gasteiger charge is -2.19. The minimum absolute atomic E-state index is 0.130. The molecule has 0 saturated heterocycles. The molecule has 0 N–H and O–H groups in total. The first-order valence-corrected chi connectivity index (χ1v) is 7.39. The van der Waals surface area contributed by atoms with Crippen LogP contribution in [0.3, 0.4) is 0 Å². The number of rotatable bonds is 3. The molecule has 2 rings (SSSR count). The molecular weight excluding hydrogens is 260 g/mol. The van der Waals surface area contributed by atoms with Crippen LogP contribution in [0.1, 0.15) is 59.3 Å². The summed E-state index contributed by atoms with van der Waals surface area (Å²) in [5.41, 5.74) is 4.17. The predicted molar refractivity (Wildman–Crippen MR) is 86.1 cm³/mol. The van der Waals surface area contributed by atoms with E-state index in [1.807, 2.05) is 20.8 Å². The third kappa shape index (κ3) is 3.26. The molecule has 2 aromatic rings. The number of hydrogen-bond donors (Lipinski definition) is 0. The number of furan rings is 1. The van der Waals surface area contributed by atoms with Gasteiger partial charge in [-0.15, -0.1) is 0 Å². The zero-order valence-corrected chi connectivity index (χ0v) is 13.8. The quantitative estimate of drug-likeness (QED) is 0.748.